The van der Waals surface area contributed by atoms with Crippen molar-refractivity contribution in [2.24, 2.45) is 0 Å². The molecule has 162 valence electrons. The van der Waals surface area contributed by atoms with E-state index in [4.69, 9.17) is 0 Å². The number of carbonyl (C=O) groups is 2. The maximum atomic E-state index is 13.7. The summed E-state index contributed by atoms with van der Waals surface area (Å²) in [5.74, 6) is -0.232. The first kappa shape index (κ1) is 21.1. The first-order chi connectivity index (χ1) is 14.7. The third kappa shape index (κ3) is 4.30. The van der Waals surface area contributed by atoms with Crippen LogP contribution >= 0.6 is 0 Å². The van der Waals surface area contributed by atoms with Gasteiger partial charge in [-0.15, -0.1) is 0 Å². The van der Waals surface area contributed by atoms with Gasteiger partial charge in [0.05, 0.1) is 12.2 Å². The van der Waals surface area contributed by atoms with Crippen molar-refractivity contribution >= 4 is 17.4 Å². The molecular weight excluding hydrogens is 378 g/mol. The van der Waals surface area contributed by atoms with Crippen LogP contribution in [0.5, 0.6) is 0 Å². The zero-order valence-electron chi connectivity index (χ0n) is 17.8. The molecule has 2 amide bonds. The second-order valence-electron chi connectivity index (χ2n) is 8.62. The lowest BCUT2D eigenvalue weighted by Gasteiger charge is -2.36. The molecule has 1 saturated carbocycles. The Morgan fingerprint density at radius 1 is 0.833 bits per heavy atom. The van der Waals surface area contributed by atoms with Crippen LogP contribution in [0.4, 0.5) is 0 Å². The van der Waals surface area contributed by atoms with Crippen LogP contribution in [0.2, 0.25) is 0 Å². The predicted molar refractivity (Wildman–Crippen MR) is 116 cm³/mol. The van der Waals surface area contributed by atoms with Crippen LogP contribution in [-0.2, 0) is 9.59 Å². The first-order valence-electron chi connectivity index (χ1n) is 11.5. The van der Waals surface area contributed by atoms with Gasteiger partial charge < -0.3 is 10.0 Å². The van der Waals surface area contributed by atoms with Crippen LogP contribution in [0, 0.1) is 0 Å². The van der Waals surface area contributed by atoms with E-state index in [2.05, 4.69) is 9.80 Å². The molecule has 1 aromatic carbocycles. The number of carbonyl (C=O) groups excluding carboxylic acids is 2. The van der Waals surface area contributed by atoms with Crippen molar-refractivity contribution in [1.82, 2.24) is 14.7 Å². The van der Waals surface area contributed by atoms with Gasteiger partial charge in [0.2, 0.25) is 0 Å². The van der Waals surface area contributed by atoms with Gasteiger partial charge in [-0.2, -0.15) is 0 Å². The number of piperazine rings is 1. The van der Waals surface area contributed by atoms with Crippen molar-refractivity contribution in [3.63, 3.8) is 0 Å². The van der Waals surface area contributed by atoms with Crippen molar-refractivity contribution in [2.45, 2.75) is 51.0 Å². The number of aliphatic hydroxyl groups excluding tert-OH is 1. The Balaban J connectivity index is 1.63. The number of aliphatic hydroxyl groups is 1. The van der Waals surface area contributed by atoms with Crippen LogP contribution in [0.3, 0.4) is 0 Å². The minimum atomic E-state index is -0.121. The SMILES string of the molecule is O=C1C(c2ccccc2)=C(N2CCN(CCO)CC2)C(=O)N1C1CCCCCCC1. The number of nitrogens with zero attached hydrogens (tertiary/aromatic N) is 3. The molecule has 0 atom stereocenters. The van der Waals surface area contributed by atoms with Crippen molar-refractivity contribution < 1.29 is 14.7 Å². The van der Waals surface area contributed by atoms with Gasteiger partial charge in [0.25, 0.3) is 11.8 Å². The zero-order valence-corrected chi connectivity index (χ0v) is 17.8. The molecule has 0 radical (unpaired) electrons. The number of benzene rings is 1. The van der Waals surface area contributed by atoms with Crippen LogP contribution < -0.4 is 0 Å². The van der Waals surface area contributed by atoms with Gasteiger partial charge in [0.15, 0.2) is 0 Å². The number of β-amino-alcohol motifs (C(OH)–C–C–N with tert-alkyl or cyclic N) is 1. The van der Waals surface area contributed by atoms with E-state index in [0.29, 0.717) is 30.9 Å². The topological polar surface area (TPSA) is 64.1 Å². The predicted octanol–water partition coefficient (Wildman–Crippen LogP) is 2.49. The Kier molecular flexibility index (Phi) is 6.85. The van der Waals surface area contributed by atoms with E-state index >= 15 is 0 Å². The first-order valence-corrected chi connectivity index (χ1v) is 11.5. The van der Waals surface area contributed by atoms with Crippen LogP contribution in [0.15, 0.2) is 36.0 Å². The maximum absolute atomic E-state index is 13.7. The second-order valence-corrected chi connectivity index (χ2v) is 8.62. The van der Waals surface area contributed by atoms with Gasteiger partial charge in [0.1, 0.15) is 5.70 Å². The molecule has 0 spiro atoms. The van der Waals surface area contributed by atoms with Gasteiger partial charge in [0, 0.05) is 38.8 Å². The average molecular weight is 412 g/mol. The molecule has 30 heavy (non-hydrogen) atoms. The quantitative estimate of drug-likeness (QED) is 0.755. The van der Waals surface area contributed by atoms with Gasteiger partial charge in [-0.05, 0) is 18.4 Å². The zero-order chi connectivity index (χ0) is 20.9. The van der Waals surface area contributed by atoms with E-state index in [-0.39, 0.29) is 24.5 Å². The Labute approximate surface area is 179 Å². The maximum Gasteiger partial charge on any atom is 0.278 e. The minimum absolute atomic E-state index is 0.0113. The third-order valence-corrected chi connectivity index (χ3v) is 6.70. The summed E-state index contributed by atoms with van der Waals surface area (Å²) in [6.07, 6.45) is 7.62. The highest BCUT2D eigenvalue weighted by Gasteiger charge is 2.44. The fraction of sp³-hybridized carbons (Fsp3) is 0.583. The molecule has 1 saturated heterocycles. The van der Waals surface area contributed by atoms with Crippen molar-refractivity contribution in [3.05, 3.63) is 41.6 Å². The van der Waals surface area contributed by atoms with Crippen molar-refractivity contribution in [3.8, 4) is 0 Å². The monoisotopic (exact) mass is 411 g/mol. The molecule has 3 aliphatic rings. The summed E-state index contributed by atoms with van der Waals surface area (Å²) in [4.78, 5) is 33.2. The van der Waals surface area contributed by atoms with E-state index in [1.165, 1.54) is 19.3 Å². The molecule has 1 aliphatic carbocycles. The standard InChI is InChI=1S/C24H33N3O3/c28-18-17-25-13-15-26(16-14-25)22-21(19-9-5-4-6-10-19)23(29)27(24(22)30)20-11-7-2-1-3-8-12-20/h4-6,9-10,20,28H,1-3,7-8,11-18H2. The third-order valence-electron chi connectivity index (χ3n) is 6.70. The smallest absolute Gasteiger partial charge is 0.278 e. The van der Waals surface area contributed by atoms with Crippen molar-refractivity contribution in [1.29, 1.82) is 0 Å². The van der Waals surface area contributed by atoms with E-state index in [1.807, 2.05) is 30.3 Å². The molecule has 6 heteroatoms. The molecule has 4 rings (SSSR count). The molecule has 2 fully saturated rings. The van der Waals surface area contributed by atoms with Gasteiger partial charge in [-0.3, -0.25) is 19.4 Å². The van der Waals surface area contributed by atoms with Crippen LogP contribution in [-0.4, -0.2) is 77.0 Å². The lowest BCUT2D eigenvalue weighted by Crippen LogP contribution is -2.49. The van der Waals surface area contributed by atoms with Crippen molar-refractivity contribution in [2.75, 3.05) is 39.3 Å². The molecule has 6 nitrogen and oxygen atoms in total. The largest absolute Gasteiger partial charge is 0.395 e. The van der Waals surface area contributed by atoms with Gasteiger partial charge in [-0.1, -0.05) is 62.4 Å². The highest BCUT2D eigenvalue weighted by atomic mass is 16.3. The van der Waals surface area contributed by atoms with E-state index in [9.17, 15) is 14.7 Å². The Bertz CT molecular complexity index is 776. The second kappa shape index (κ2) is 9.75. The lowest BCUT2D eigenvalue weighted by molar-refractivity contribution is -0.140. The molecule has 0 unspecified atom stereocenters. The molecule has 0 aromatic heterocycles. The number of rotatable bonds is 5. The van der Waals surface area contributed by atoms with Gasteiger partial charge >= 0.3 is 0 Å². The summed E-state index contributed by atoms with van der Waals surface area (Å²) >= 11 is 0. The Morgan fingerprint density at radius 2 is 1.47 bits per heavy atom. The Morgan fingerprint density at radius 3 is 2.10 bits per heavy atom. The molecule has 2 heterocycles. The summed E-state index contributed by atoms with van der Waals surface area (Å²) in [5, 5.41) is 9.22. The molecule has 1 N–H and O–H groups in total. The highest BCUT2D eigenvalue weighted by molar-refractivity contribution is 6.35. The fourth-order valence-corrected chi connectivity index (χ4v) is 5.05. The molecule has 2 aliphatic heterocycles. The molecule has 0 bridgehead atoms. The summed E-state index contributed by atoms with van der Waals surface area (Å²) in [6.45, 7) is 3.77. The highest BCUT2D eigenvalue weighted by Crippen LogP contribution is 2.35. The summed E-state index contributed by atoms with van der Waals surface area (Å²) in [6, 6.07) is 9.67. The number of amides is 2. The fourth-order valence-electron chi connectivity index (χ4n) is 5.05. The Hall–Kier alpha value is -2.18. The molecular formula is C24H33N3O3. The number of imide groups is 1. The lowest BCUT2D eigenvalue weighted by atomic mass is 9.95. The summed E-state index contributed by atoms with van der Waals surface area (Å²) in [5.41, 5.74) is 1.98. The summed E-state index contributed by atoms with van der Waals surface area (Å²) in [7, 11) is 0. The van der Waals surface area contributed by atoms with E-state index < -0.39 is 0 Å². The van der Waals surface area contributed by atoms with E-state index in [1.54, 1.807) is 4.90 Å². The summed E-state index contributed by atoms with van der Waals surface area (Å²) < 4.78 is 0. The number of hydrogen-bond donors (Lipinski definition) is 1. The number of hydrogen-bond acceptors (Lipinski definition) is 5. The van der Waals surface area contributed by atoms with Crippen LogP contribution in [0.1, 0.15) is 50.5 Å². The normalized spacial score (nSPS) is 22.6. The van der Waals surface area contributed by atoms with E-state index in [0.717, 1.165) is 44.3 Å². The molecule has 1 aromatic rings. The van der Waals surface area contributed by atoms with Gasteiger partial charge in [-0.25, -0.2) is 0 Å². The minimum Gasteiger partial charge on any atom is -0.395 e. The van der Waals surface area contributed by atoms with Crippen LogP contribution in [0.25, 0.3) is 5.57 Å². The average Bonchev–Trinajstić information content (AvgIpc) is 3.00.